The van der Waals surface area contributed by atoms with Gasteiger partial charge in [-0.2, -0.15) is 5.10 Å². The Labute approximate surface area is 165 Å². The molecule has 29 heavy (non-hydrogen) atoms. The maximum atomic E-state index is 12.1. The van der Waals surface area contributed by atoms with Crippen LogP contribution in [0.2, 0.25) is 0 Å². The van der Waals surface area contributed by atoms with Crippen LogP contribution in [0.15, 0.2) is 41.5 Å². The SMILES string of the molecule is CCOc1cc(/C=N/NC(=O)c2cccc([N+](=O)[O-])c2)cc([N+](=O)[O-])c1OCC. The van der Waals surface area contributed by atoms with E-state index in [9.17, 15) is 25.0 Å². The van der Waals surface area contributed by atoms with Crippen molar-refractivity contribution in [2.45, 2.75) is 13.8 Å². The zero-order valence-corrected chi connectivity index (χ0v) is 15.7. The number of nitrogens with one attached hydrogen (secondary N) is 1. The average molecular weight is 402 g/mol. The van der Waals surface area contributed by atoms with Crippen LogP contribution in [0.1, 0.15) is 29.8 Å². The molecule has 0 radical (unpaired) electrons. The first-order valence-corrected chi connectivity index (χ1v) is 8.53. The van der Waals surface area contributed by atoms with E-state index in [1.807, 2.05) is 0 Å². The van der Waals surface area contributed by atoms with E-state index in [1.54, 1.807) is 13.8 Å². The Balaban J connectivity index is 2.25. The van der Waals surface area contributed by atoms with Gasteiger partial charge in [-0.05, 0) is 26.0 Å². The topological polar surface area (TPSA) is 146 Å². The summed E-state index contributed by atoms with van der Waals surface area (Å²) in [4.78, 5) is 33.0. The summed E-state index contributed by atoms with van der Waals surface area (Å²) in [5, 5.41) is 25.9. The Hall–Kier alpha value is -4.02. The second-order valence-electron chi connectivity index (χ2n) is 5.50. The fourth-order valence-corrected chi connectivity index (χ4v) is 2.36. The van der Waals surface area contributed by atoms with Gasteiger partial charge in [-0.25, -0.2) is 5.43 Å². The monoisotopic (exact) mass is 402 g/mol. The van der Waals surface area contributed by atoms with Crippen molar-refractivity contribution in [1.29, 1.82) is 0 Å². The minimum atomic E-state index is -0.671. The molecule has 2 rings (SSSR count). The summed E-state index contributed by atoms with van der Waals surface area (Å²) in [6.45, 7) is 3.90. The summed E-state index contributed by atoms with van der Waals surface area (Å²) in [5.74, 6) is -0.484. The second kappa shape index (κ2) is 9.78. The molecule has 2 aromatic rings. The van der Waals surface area contributed by atoms with Crippen molar-refractivity contribution < 1.29 is 24.1 Å². The highest BCUT2D eigenvalue weighted by atomic mass is 16.6. The number of hydrogen-bond acceptors (Lipinski definition) is 8. The molecule has 0 spiro atoms. The lowest BCUT2D eigenvalue weighted by Gasteiger charge is -2.11. The molecule has 0 aromatic heterocycles. The van der Waals surface area contributed by atoms with Gasteiger partial charge in [0.25, 0.3) is 11.6 Å². The van der Waals surface area contributed by atoms with E-state index in [4.69, 9.17) is 9.47 Å². The zero-order valence-electron chi connectivity index (χ0n) is 15.7. The number of hydrogen-bond donors (Lipinski definition) is 1. The van der Waals surface area contributed by atoms with Crippen molar-refractivity contribution in [3.05, 3.63) is 67.8 Å². The first-order chi connectivity index (χ1) is 13.9. The quantitative estimate of drug-likeness (QED) is 0.385. The van der Waals surface area contributed by atoms with E-state index in [2.05, 4.69) is 10.5 Å². The van der Waals surface area contributed by atoms with Gasteiger partial charge in [0.05, 0.1) is 29.3 Å². The number of rotatable bonds is 9. The minimum absolute atomic E-state index is 0.0112. The number of amides is 1. The van der Waals surface area contributed by atoms with Crippen LogP contribution in [0.25, 0.3) is 0 Å². The molecule has 1 N–H and O–H groups in total. The van der Waals surface area contributed by atoms with Crippen LogP contribution in [0, 0.1) is 20.2 Å². The largest absolute Gasteiger partial charge is 0.490 e. The highest BCUT2D eigenvalue weighted by Crippen LogP contribution is 2.38. The maximum Gasteiger partial charge on any atom is 0.315 e. The molecule has 2 aromatic carbocycles. The predicted molar refractivity (Wildman–Crippen MR) is 104 cm³/mol. The number of nitro benzene ring substituents is 2. The standard InChI is InChI=1S/C18H18N4O7/c1-3-28-16-9-12(8-15(22(26)27)17(16)29-4-2)11-19-20-18(23)13-6-5-7-14(10-13)21(24)25/h5-11H,3-4H2,1-2H3,(H,20,23)/b19-11+. The van der Waals surface area contributed by atoms with Gasteiger partial charge in [-0.3, -0.25) is 25.0 Å². The summed E-state index contributed by atoms with van der Waals surface area (Å²) in [5.41, 5.74) is 2.03. The van der Waals surface area contributed by atoms with Crippen molar-refractivity contribution in [3.63, 3.8) is 0 Å². The lowest BCUT2D eigenvalue weighted by atomic mass is 10.2. The van der Waals surface area contributed by atoms with Crippen LogP contribution in [0.4, 0.5) is 11.4 Å². The summed E-state index contributed by atoms with van der Waals surface area (Å²) in [6.07, 6.45) is 1.19. The number of benzene rings is 2. The van der Waals surface area contributed by atoms with Gasteiger partial charge < -0.3 is 9.47 Å². The van der Waals surface area contributed by atoms with Gasteiger partial charge in [0.1, 0.15) is 0 Å². The van der Waals surface area contributed by atoms with Crippen LogP contribution >= 0.6 is 0 Å². The highest BCUT2D eigenvalue weighted by Gasteiger charge is 2.22. The Morgan fingerprint density at radius 3 is 2.45 bits per heavy atom. The van der Waals surface area contributed by atoms with E-state index in [1.165, 1.54) is 36.5 Å². The second-order valence-corrected chi connectivity index (χ2v) is 5.50. The van der Waals surface area contributed by atoms with Crippen LogP contribution in [-0.2, 0) is 0 Å². The number of nitro groups is 2. The first-order valence-electron chi connectivity index (χ1n) is 8.53. The number of carbonyl (C=O) groups is 1. The minimum Gasteiger partial charge on any atom is -0.490 e. The average Bonchev–Trinajstić information content (AvgIpc) is 2.69. The van der Waals surface area contributed by atoms with Crippen molar-refractivity contribution in [1.82, 2.24) is 5.43 Å². The smallest absolute Gasteiger partial charge is 0.315 e. The van der Waals surface area contributed by atoms with E-state index in [0.717, 1.165) is 6.07 Å². The van der Waals surface area contributed by atoms with E-state index in [0.29, 0.717) is 5.56 Å². The third-order valence-electron chi connectivity index (χ3n) is 3.54. The molecule has 0 saturated heterocycles. The summed E-state index contributed by atoms with van der Waals surface area (Å²) < 4.78 is 10.7. The summed E-state index contributed by atoms with van der Waals surface area (Å²) in [6, 6.07) is 7.86. The molecule has 152 valence electrons. The molecule has 11 heteroatoms. The molecule has 0 aliphatic rings. The lowest BCUT2D eigenvalue weighted by Crippen LogP contribution is -2.17. The van der Waals surface area contributed by atoms with E-state index in [-0.39, 0.29) is 41.7 Å². The molecule has 0 heterocycles. The van der Waals surface area contributed by atoms with Crippen LogP contribution in [0.3, 0.4) is 0 Å². The molecule has 11 nitrogen and oxygen atoms in total. The Morgan fingerprint density at radius 1 is 1.10 bits per heavy atom. The third kappa shape index (κ3) is 5.48. The third-order valence-corrected chi connectivity index (χ3v) is 3.54. The Bertz CT molecular complexity index is 959. The van der Waals surface area contributed by atoms with Gasteiger partial charge in [-0.15, -0.1) is 0 Å². The van der Waals surface area contributed by atoms with Crippen molar-refractivity contribution in [2.24, 2.45) is 5.10 Å². The highest BCUT2D eigenvalue weighted by molar-refractivity contribution is 5.95. The fraction of sp³-hybridized carbons (Fsp3) is 0.222. The normalized spacial score (nSPS) is 10.6. The van der Waals surface area contributed by atoms with Crippen molar-refractivity contribution in [2.75, 3.05) is 13.2 Å². The molecule has 0 bridgehead atoms. The van der Waals surface area contributed by atoms with Crippen LogP contribution in [-0.4, -0.2) is 35.2 Å². The first kappa shape index (κ1) is 21.3. The summed E-state index contributed by atoms with van der Waals surface area (Å²) >= 11 is 0. The molecule has 0 unspecified atom stereocenters. The number of ether oxygens (including phenoxy) is 2. The number of non-ortho nitro benzene ring substituents is 1. The number of nitrogens with zero attached hydrogens (tertiary/aromatic N) is 3. The van der Waals surface area contributed by atoms with Gasteiger partial charge in [0.2, 0.25) is 5.75 Å². The molecule has 0 aliphatic carbocycles. The van der Waals surface area contributed by atoms with Gasteiger partial charge in [0.15, 0.2) is 5.75 Å². The number of hydrazone groups is 1. The molecular formula is C18H18N4O7. The van der Waals surface area contributed by atoms with E-state index < -0.39 is 15.8 Å². The number of carbonyl (C=O) groups excluding carboxylic acids is 1. The van der Waals surface area contributed by atoms with Crippen LogP contribution < -0.4 is 14.9 Å². The lowest BCUT2D eigenvalue weighted by molar-refractivity contribution is -0.386. The van der Waals surface area contributed by atoms with Gasteiger partial charge in [0, 0.05) is 29.3 Å². The van der Waals surface area contributed by atoms with E-state index >= 15 is 0 Å². The summed E-state index contributed by atoms with van der Waals surface area (Å²) in [7, 11) is 0. The van der Waals surface area contributed by atoms with Gasteiger partial charge in [-0.1, -0.05) is 6.07 Å². The molecular weight excluding hydrogens is 384 g/mol. The molecule has 0 fully saturated rings. The molecule has 1 amide bonds. The van der Waals surface area contributed by atoms with Crippen molar-refractivity contribution in [3.8, 4) is 11.5 Å². The molecule has 0 aliphatic heterocycles. The fourth-order valence-electron chi connectivity index (χ4n) is 2.36. The maximum absolute atomic E-state index is 12.1. The molecule has 0 saturated carbocycles. The zero-order chi connectivity index (χ0) is 21.4. The van der Waals surface area contributed by atoms with Crippen molar-refractivity contribution >= 4 is 23.5 Å². The predicted octanol–water partition coefficient (Wildman–Crippen LogP) is 3.06. The van der Waals surface area contributed by atoms with Crippen LogP contribution in [0.5, 0.6) is 11.5 Å². The Kier molecular flexibility index (Phi) is 7.18. The van der Waals surface area contributed by atoms with Gasteiger partial charge >= 0.3 is 5.69 Å². The molecule has 0 atom stereocenters. The Morgan fingerprint density at radius 2 is 1.83 bits per heavy atom.